The van der Waals surface area contributed by atoms with Gasteiger partial charge in [-0.1, -0.05) is 12.1 Å². The molecule has 2 N–H and O–H groups in total. The third-order valence-corrected chi connectivity index (χ3v) is 3.93. The molecule has 0 aliphatic carbocycles. The van der Waals surface area contributed by atoms with E-state index in [1.807, 2.05) is 0 Å². The van der Waals surface area contributed by atoms with Crippen LogP contribution in [0, 0.1) is 0 Å². The van der Waals surface area contributed by atoms with E-state index in [9.17, 15) is 10.2 Å². The Kier molecular flexibility index (Phi) is 5.86. The fourth-order valence-corrected chi connectivity index (χ4v) is 2.47. The lowest BCUT2D eigenvalue weighted by atomic mass is 10.2. The maximum Gasteiger partial charge on any atom is 0.178 e. The first-order valence-corrected chi connectivity index (χ1v) is 8.39. The number of methoxy groups -OCH3 is 2. The van der Waals surface area contributed by atoms with E-state index in [0.717, 1.165) is 0 Å². The molecule has 0 atom stereocenters. The second kappa shape index (κ2) is 8.68. The van der Waals surface area contributed by atoms with Gasteiger partial charge in [-0.3, -0.25) is 4.99 Å². The van der Waals surface area contributed by atoms with Crippen molar-refractivity contribution in [3.63, 3.8) is 0 Å². The molecule has 0 aliphatic heterocycles. The summed E-state index contributed by atoms with van der Waals surface area (Å²) in [5.41, 5.74) is 1.50. The molecule has 0 bridgehead atoms. The van der Waals surface area contributed by atoms with Crippen LogP contribution in [0.5, 0.6) is 23.0 Å². The number of aromatic nitrogens is 1. The van der Waals surface area contributed by atoms with Gasteiger partial charge in [-0.2, -0.15) is 0 Å². The lowest BCUT2D eigenvalue weighted by Gasteiger charge is -2.06. The number of aromatic hydroxyl groups is 2. The largest absolute Gasteiger partial charge is 0.504 e. The number of benzene rings is 2. The minimum atomic E-state index is -0.00367. The van der Waals surface area contributed by atoms with Gasteiger partial charge in [-0.25, -0.2) is 9.98 Å². The molecule has 7 heteroatoms. The molecule has 28 heavy (non-hydrogen) atoms. The van der Waals surface area contributed by atoms with Gasteiger partial charge in [0, 0.05) is 29.8 Å². The van der Waals surface area contributed by atoms with Crippen LogP contribution in [-0.2, 0) is 0 Å². The monoisotopic (exact) mass is 377 g/mol. The van der Waals surface area contributed by atoms with Crippen LogP contribution in [0.25, 0.3) is 0 Å². The molecule has 7 nitrogen and oxygen atoms in total. The first-order chi connectivity index (χ1) is 13.6. The van der Waals surface area contributed by atoms with E-state index < -0.39 is 0 Å². The highest BCUT2D eigenvalue weighted by molar-refractivity contribution is 5.89. The zero-order valence-electron chi connectivity index (χ0n) is 15.4. The van der Waals surface area contributed by atoms with Crippen LogP contribution in [0.2, 0.25) is 0 Å². The summed E-state index contributed by atoms with van der Waals surface area (Å²) in [6, 6.07) is 13.7. The van der Waals surface area contributed by atoms with E-state index in [4.69, 9.17) is 9.47 Å². The molecule has 0 unspecified atom stereocenters. The fourth-order valence-electron chi connectivity index (χ4n) is 2.47. The molecule has 0 spiro atoms. The Morgan fingerprint density at radius 3 is 1.93 bits per heavy atom. The van der Waals surface area contributed by atoms with Crippen LogP contribution in [0.1, 0.15) is 11.1 Å². The summed E-state index contributed by atoms with van der Waals surface area (Å²) in [6.45, 7) is 0. The Morgan fingerprint density at radius 1 is 0.786 bits per heavy atom. The Morgan fingerprint density at radius 2 is 1.36 bits per heavy atom. The zero-order valence-corrected chi connectivity index (χ0v) is 15.4. The number of phenolic OH excluding ortho intramolecular Hbond substituents is 2. The number of aliphatic imine (C=N–C) groups is 2. The quantitative estimate of drug-likeness (QED) is 0.633. The van der Waals surface area contributed by atoms with Crippen molar-refractivity contribution >= 4 is 23.9 Å². The van der Waals surface area contributed by atoms with Gasteiger partial charge in [0.15, 0.2) is 28.8 Å². The number of para-hydroxylation sites is 2. The summed E-state index contributed by atoms with van der Waals surface area (Å²) in [7, 11) is 2.97. The number of rotatable bonds is 6. The normalized spacial score (nSPS) is 11.2. The average Bonchev–Trinajstić information content (AvgIpc) is 2.73. The van der Waals surface area contributed by atoms with Crippen molar-refractivity contribution in [2.45, 2.75) is 0 Å². The molecule has 0 saturated carbocycles. The topological polar surface area (TPSA) is 96.5 Å². The molecule has 3 rings (SSSR count). The van der Waals surface area contributed by atoms with E-state index in [-0.39, 0.29) is 11.5 Å². The van der Waals surface area contributed by atoms with Crippen LogP contribution < -0.4 is 9.47 Å². The number of phenols is 2. The first-order valence-electron chi connectivity index (χ1n) is 8.39. The van der Waals surface area contributed by atoms with E-state index >= 15 is 0 Å². The van der Waals surface area contributed by atoms with Crippen molar-refractivity contribution in [2.75, 3.05) is 14.2 Å². The number of ether oxygens (including phenoxy) is 2. The number of pyridine rings is 1. The molecule has 0 aliphatic rings. The van der Waals surface area contributed by atoms with Gasteiger partial charge >= 0.3 is 0 Å². The molecule has 2 aromatic carbocycles. The summed E-state index contributed by atoms with van der Waals surface area (Å²) in [5, 5.41) is 20.3. The van der Waals surface area contributed by atoms with Crippen molar-refractivity contribution in [3.8, 4) is 23.0 Å². The predicted octanol–water partition coefficient (Wildman–Crippen LogP) is 4.01. The third kappa shape index (κ3) is 4.09. The maximum absolute atomic E-state index is 10.2. The molecule has 0 amide bonds. The summed E-state index contributed by atoms with van der Waals surface area (Å²) < 4.78 is 10.2. The summed E-state index contributed by atoms with van der Waals surface area (Å²) in [4.78, 5) is 12.9. The number of hydrogen-bond acceptors (Lipinski definition) is 7. The first kappa shape index (κ1) is 18.9. The highest BCUT2D eigenvalue weighted by atomic mass is 16.5. The van der Waals surface area contributed by atoms with Crippen molar-refractivity contribution in [1.29, 1.82) is 0 Å². The standard InChI is InChI=1S/C21H19N3O4/c1-27-17-9-3-6-14(19(17)25)12-23-16-8-5-11-22-21(16)24-13-15-7-4-10-18(28-2)20(15)26/h3-13,25-26H,1-2H3/b23-12?,24-13+. The Bertz CT molecular complexity index is 949. The molecule has 1 heterocycles. The molecule has 0 fully saturated rings. The number of nitrogens with zero attached hydrogens (tertiary/aromatic N) is 3. The lowest BCUT2D eigenvalue weighted by Crippen LogP contribution is -1.89. The highest BCUT2D eigenvalue weighted by Gasteiger charge is 2.07. The van der Waals surface area contributed by atoms with Gasteiger partial charge in [0.2, 0.25) is 0 Å². The summed E-state index contributed by atoms with van der Waals surface area (Å²) >= 11 is 0. The predicted molar refractivity (Wildman–Crippen MR) is 108 cm³/mol. The van der Waals surface area contributed by atoms with Crippen LogP contribution >= 0.6 is 0 Å². The molecular weight excluding hydrogens is 358 g/mol. The molecule has 3 aromatic rings. The molecule has 0 saturated heterocycles. The van der Waals surface area contributed by atoms with E-state index in [0.29, 0.717) is 34.1 Å². The van der Waals surface area contributed by atoms with Crippen LogP contribution in [0.4, 0.5) is 11.5 Å². The van der Waals surface area contributed by atoms with Gasteiger partial charge in [-0.05, 0) is 36.4 Å². The van der Waals surface area contributed by atoms with Gasteiger partial charge in [0.25, 0.3) is 0 Å². The van der Waals surface area contributed by atoms with Crippen molar-refractivity contribution in [2.24, 2.45) is 9.98 Å². The maximum atomic E-state index is 10.2. The van der Waals surface area contributed by atoms with Gasteiger partial charge in [0.05, 0.1) is 14.2 Å². The van der Waals surface area contributed by atoms with Gasteiger partial charge < -0.3 is 19.7 Å². The van der Waals surface area contributed by atoms with E-state index in [1.165, 1.54) is 26.6 Å². The van der Waals surface area contributed by atoms with Crippen LogP contribution in [-0.4, -0.2) is 41.8 Å². The van der Waals surface area contributed by atoms with Crippen molar-refractivity contribution in [3.05, 3.63) is 65.9 Å². The lowest BCUT2D eigenvalue weighted by molar-refractivity contribution is 0.373. The molecule has 1 aromatic heterocycles. The Hall–Kier alpha value is -3.87. The second-order valence-electron chi connectivity index (χ2n) is 5.66. The van der Waals surface area contributed by atoms with Gasteiger partial charge in [0.1, 0.15) is 5.69 Å². The summed E-state index contributed by atoms with van der Waals surface area (Å²) in [6.07, 6.45) is 4.60. The molecular formula is C21H19N3O4. The fraction of sp³-hybridized carbons (Fsp3) is 0.0952. The van der Waals surface area contributed by atoms with Gasteiger partial charge in [-0.15, -0.1) is 0 Å². The average molecular weight is 377 g/mol. The SMILES string of the molecule is COc1cccc(C=Nc2cccnc2/N=C/c2cccc(OC)c2O)c1O. The molecule has 142 valence electrons. The zero-order chi connectivity index (χ0) is 19.9. The van der Waals surface area contributed by atoms with Crippen LogP contribution in [0.15, 0.2) is 64.7 Å². The van der Waals surface area contributed by atoms with E-state index in [1.54, 1.807) is 54.7 Å². The van der Waals surface area contributed by atoms with E-state index in [2.05, 4.69) is 15.0 Å². The smallest absolute Gasteiger partial charge is 0.178 e. The Balaban J connectivity index is 1.90. The third-order valence-electron chi connectivity index (χ3n) is 3.93. The minimum absolute atomic E-state index is 0.00367. The van der Waals surface area contributed by atoms with Crippen molar-refractivity contribution < 1.29 is 19.7 Å². The van der Waals surface area contributed by atoms with Crippen molar-refractivity contribution in [1.82, 2.24) is 4.98 Å². The summed E-state index contributed by atoms with van der Waals surface area (Å²) in [5.74, 6) is 1.09. The molecule has 0 radical (unpaired) electrons. The minimum Gasteiger partial charge on any atom is -0.504 e. The highest BCUT2D eigenvalue weighted by Crippen LogP contribution is 2.31. The van der Waals surface area contributed by atoms with Crippen LogP contribution in [0.3, 0.4) is 0 Å². The number of hydrogen-bond donors (Lipinski definition) is 2. The second-order valence-corrected chi connectivity index (χ2v) is 5.66. The Labute approximate surface area is 162 Å².